The fraction of sp³-hybridized carbons (Fsp3) is 0.235. The monoisotopic (exact) mass is 288 g/mol. The van der Waals surface area contributed by atoms with Gasteiger partial charge in [-0.15, -0.1) is 0 Å². The lowest BCUT2D eigenvalue weighted by atomic mass is 9.97. The molecule has 0 unspecified atom stereocenters. The number of carboxylic acid groups (broad SMARTS) is 1. The van der Waals surface area contributed by atoms with Crippen molar-refractivity contribution in [1.29, 1.82) is 0 Å². The van der Waals surface area contributed by atoms with Crippen molar-refractivity contribution in [3.05, 3.63) is 53.8 Å². The van der Waals surface area contributed by atoms with E-state index in [0.29, 0.717) is 5.92 Å². The maximum atomic E-state index is 13.9. The first-order valence-corrected chi connectivity index (χ1v) is 6.72. The summed E-state index contributed by atoms with van der Waals surface area (Å²) in [5, 5.41) is 8.53. The van der Waals surface area contributed by atoms with Gasteiger partial charge in [0.15, 0.2) is 18.2 Å². The molecule has 0 heterocycles. The van der Waals surface area contributed by atoms with Crippen molar-refractivity contribution in [2.24, 2.45) is 0 Å². The van der Waals surface area contributed by atoms with Crippen LogP contribution in [0.5, 0.6) is 5.75 Å². The summed E-state index contributed by atoms with van der Waals surface area (Å²) >= 11 is 0. The molecule has 3 nitrogen and oxygen atoms in total. The smallest absolute Gasteiger partial charge is 0.341 e. The third kappa shape index (κ3) is 3.81. The SMILES string of the molecule is CC(C)c1cccc(-c2ccc(OCC(=O)O)c(F)c2)c1. The van der Waals surface area contributed by atoms with E-state index in [0.717, 1.165) is 11.1 Å². The Hall–Kier alpha value is -2.36. The Labute approximate surface area is 123 Å². The zero-order valence-corrected chi connectivity index (χ0v) is 12.0. The molecule has 0 aliphatic carbocycles. The molecule has 1 N–H and O–H groups in total. The summed E-state index contributed by atoms with van der Waals surface area (Å²) in [6, 6.07) is 12.5. The summed E-state index contributed by atoms with van der Waals surface area (Å²) in [5.41, 5.74) is 2.83. The van der Waals surface area contributed by atoms with Gasteiger partial charge in [0.2, 0.25) is 0 Å². The Morgan fingerprint density at radius 1 is 1.19 bits per heavy atom. The van der Waals surface area contributed by atoms with Crippen LogP contribution < -0.4 is 4.74 Å². The second-order valence-corrected chi connectivity index (χ2v) is 5.11. The molecule has 0 atom stereocenters. The number of carbonyl (C=O) groups is 1. The molecule has 110 valence electrons. The minimum atomic E-state index is -1.14. The first-order valence-electron chi connectivity index (χ1n) is 6.72. The average molecular weight is 288 g/mol. The molecule has 0 aliphatic heterocycles. The van der Waals surface area contributed by atoms with Gasteiger partial charge in [0.05, 0.1) is 0 Å². The Kier molecular flexibility index (Phi) is 4.58. The zero-order valence-electron chi connectivity index (χ0n) is 12.0. The van der Waals surface area contributed by atoms with Crippen molar-refractivity contribution in [1.82, 2.24) is 0 Å². The largest absolute Gasteiger partial charge is 0.479 e. The Morgan fingerprint density at radius 3 is 2.52 bits per heavy atom. The van der Waals surface area contributed by atoms with E-state index >= 15 is 0 Å². The van der Waals surface area contributed by atoms with Crippen LogP contribution in [0, 0.1) is 5.82 Å². The molecule has 0 amide bonds. The number of ether oxygens (including phenoxy) is 1. The van der Waals surface area contributed by atoms with E-state index in [1.807, 2.05) is 24.3 Å². The van der Waals surface area contributed by atoms with Gasteiger partial charge in [-0.1, -0.05) is 44.2 Å². The maximum Gasteiger partial charge on any atom is 0.341 e. The van der Waals surface area contributed by atoms with Gasteiger partial charge in [-0.2, -0.15) is 0 Å². The molecule has 0 aromatic heterocycles. The summed E-state index contributed by atoms with van der Waals surface area (Å²) in [6.45, 7) is 3.64. The van der Waals surface area contributed by atoms with Gasteiger partial charge in [-0.3, -0.25) is 0 Å². The lowest BCUT2D eigenvalue weighted by molar-refractivity contribution is -0.139. The first kappa shape index (κ1) is 15.0. The van der Waals surface area contributed by atoms with Gasteiger partial charge in [0.1, 0.15) is 0 Å². The number of benzene rings is 2. The van der Waals surface area contributed by atoms with Gasteiger partial charge in [0, 0.05) is 0 Å². The third-order valence-electron chi connectivity index (χ3n) is 3.17. The van der Waals surface area contributed by atoms with Crippen LogP contribution in [0.1, 0.15) is 25.3 Å². The van der Waals surface area contributed by atoms with Crippen LogP contribution in [0.4, 0.5) is 4.39 Å². The molecule has 2 aromatic carbocycles. The van der Waals surface area contributed by atoms with Crippen molar-refractivity contribution < 1.29 is 19.0 Å². The fourth-order valence-corrected chi connectivity index (χ4v) is 2.01. The molecule has 21 heavy (non-hydrogen) atoms. The summed E-state index contributed by atoms with van der Waals surface area (Å²) in [5.74, 6) is -1.36. The molecule has 2 rings (SSSR count). The highest BCUT2D eigenvalue weighted by Gasteiger charge is 2.09. The number of aliphatic carboxylic acids is 1. The Morgan fingerprint density at radius 2 is 1.90 bits per heavy atom. The molecule has 0 saturated heterocycles. The van der Waals surface area contributed by atoms with Gasteiger partial charge < -0.3 is 9.84 Å². The molecular weight excluding hydrogens is 271 g/mol. The van der Waals surface area contributed by atoms with Crippen LogP contribution in [0.15, 0.2) is 42.5 Å². The summed E-state index contributed by atoms with van der Waals surface area (Å²) < 4.78 is 18.8. The number of hydrogen-bond acceptors (Lipinski definition) is 2. The highest BCUT2D eigenvalue weighted by atomic mass is 19.1. The van der Waals surface area contributed by atoms with E-state index in [9.17, 15) is 9.18 Å². The number of rotatable bonds is 5. The van der Waals surface area contributed by atoms with E-state index in [-0.39, 0.29) is 5.75 Å². The normalized spacial score (nSPS) is 10.7. The fourth-order valence-electron chi connectivity index (χ4n) is 2.01. The molecule has 0 spiro atoms. The molecule has 0 aliphatic rings. The van der Waals surface area contributed by atoms with Crippen molar-refractivity contribution in [3.8, 4) is 16.9 Å². The van der Waals surface area contributed by atoms with Gasteiger partial charge in [-0.25, -0.2) is 9.18 Å². The standard InChI is InChI=1S/C17H17FO3/c1-11(2)12-4-3-5-13(8-12)14-6-7-16(15(18)9-14)21-10-17(19)20/h3-9,11H,10H2,1-2H3,(H,19,20). The molecule has 0 radical (unpaired) electrons. The van der Waals surface area contributed by atoms with Crippen molar-refractivity contribution in [2.45, 2.75) is 19.8 Å². The first-order chi connectivity index (χ1) is 9.97. The minimum absolute atomic E-state index is 0.0545. The van der Waals surface area contributed by atoms with Crippen LogP contribution in [0.3, 0.4) is 0 Å². The zero-order chi connectivity index (χ0) is 15.4. The second-order valence-electron chi connectivity index (χ2n) is 5.11. The Balaban J connectivity index is 2.27. The summed E-state index contributed by atoms with van der Waals surface area (Å²) in [6.07, 6.45) is 0. The topological polar surface area (TPSA) is 46.5 Å². The van der Waals surface area contributed by atoms with Crippen LogP contribution in [-0.2, 0) is 4.79 Å². The van der Waals surface area contributed by atoms with Crippen molar-refractivity contribution in [3.63, 3.8) is 0 Å². The van der Waals surface area contributed by atoms with Gasteiger partial charge >= 0.3 is 5.97 Å². The molecular formula is C17H17FO3. The molecule has 0 fully saturated rings. The van der Waals surface area contributed by atoms with E-state index in [1.165, 1.54) is 17.7 Å². The van der Waals surface area contributed by atoms with E-state index in [2.05, 4.69) is 13.8 Å². The predicted molar refractivity (Wildman–Crippen MR) is 79.1 cm³/mol. The van der Waals surface area contributed by atoms with Crippen LogP contribution in [-0.4, -0.2) is 17.7 Å². The molecule has 0 saturated carbocycles. The molecule has 4 heteroatoms. The highest BCUT2D eigenvalue weighted by molar-refractivity contribution is 5.69. The van der Waals surface area contributed by atoms with E-state index in [1.54, 1.807) is 6.07 Å². The molecule has 2 aromatic rings. The lowest BCUT2D eigenvalue weighted by Crippen LogP contribution is -2.10. The maximum absolute atomic E-state index is 13.9. The van der Waals surface area contributed by atoms with E-state index < -0.39 is 18.4 Å². The highest BCUT2D eigenvalue weighted by Crippen LogP contribution is 2.27. The average Bonchev–Trinajstić information content (AvgIpc) is 2.46. The summed E-state index contributed by atoms with van der Waals surface area (Å²) in [4.78, 5) is 10.4. The van der Waals surface area contributed by atoms with E-state index in [4.69, 9.17) is 9.84 Å². The quantitative estimate of drug-likeness (QED) is 0.901. The van der Waals surface area contributed by atoms with Crippen LogP contribution in [0.2, 0.25) is 0 Å². The Bertz CT molecular complexity index is 650. The number of halogens is 1. The second kappa shape index (κ2) is 6.39. The third-order valence-corrected chi connectivity index (χ3v) is 3.17. The van der Waals surface area contributed by atoms with Gasteiger partial charge in [-0.05, 0) is 34.7 Å². The minimum Gasteiger partial charge on any atom is -0.479 e. The van der Waals surface area contributed by atoms with Crippen LogP contribution in [0.25, 0.3) is 11.1 Å². The van der Waals surface area contributed by atoms with Crippen molar-refractivity contribution >= 4 is 5.97 Å². The molecule has 0 bridgehead atoms. The summed E-state index contributed by atoms with van der Waals surface area (Å²) in [7, 11) is 0. The van der Waals surface area contributed by atoms with Crippen LogP contribution >= 0.6 is 0 Å². The van der Waals surface area contributed by atoms with Crippen molar-refractivity contribution in [2.75, 3.05) is 6.61 Å². The van der Waals surface area contributed by atoms with Gasteiger partial charge in [0.25, 0.3) is 0 Å². The predicted octanol–water partition coefficient (Wildman–Crippen LogP) is 4.08. The lowest BCUT2D eigenvalue weighted by Gasteiger charge is -2.10. The number of hydrogen-bond donors (Lipinski definition) is 1. The number of carboxylic acids is 1.